The molecule has 1 N–H and O–H groups in total. The van der Waals surface area contributed by atoms with Gasteiger partial charge >= 0.3 is 5.97 Å². The molecular weight excluding hydrogens is 370 g/mol. The second kappa shape index (κ2) is 7.82. The van der Waals surface area contributed by atoms with Gasteiger partial charge in [0.25, 0.3) is 0 Å². The summed E-state index contributed by atoms with van der Waals surface area (Å²) in [6.45, 7) is 2.52. The number of benzene rings is 3. The van der Waals surface area contributed by atoms with Gasteiger partial charge in [-0.15, -0.1) is 11.3 Å². The van der Waals surface area contributed by atoms with Crippen LogP contribution in [-0.2, 0) is 17.8 Å². The monoisotopic (exact) mass is 389 g/mol. The Morgan fingerprint density at radius 1 is 1.11 bits per heavy atom. The van der Waals surface area contributed by atoms with E-state index in [9.17, 15) is 4.79 Å². The summed E-state index contributed by atoms with van der Waals surface area (Å²) in [5, 5.41) is 13.8. The highest BCUT2D eigenvalue weighted by atomic mass is 32.1. The highest BCUT2D eigenvalue weighted by Gasteiger charge is 2.16. The van der Waals surface area contributed by atoms with Gasteiger partial charge < -0.3 is 9.84 Å². The molecule has 1 aromatic heterocycles. The van der Waals surface area contributed by atoms with Crippen molar-refractivity contribution in [3.05, 3.63) is 82.9 Å². The third kappa shape index (κ3) is 3.89. The number of nitrogens with zero attached hydrogens (tertiary/aromatic N) is 1. The topological polar surface area (TPSA) is 59.4 Å². The minimum Gasteiger partial charge on any atom is -0.488 e. The Balaban J connectivity index is 1.74. The molecule has 0 aliphatic rings. The van der Waals surface area contributed by atoms with E-state index in [1.54, 1.807) is 5.38 Å². The van der Waals surface area contributed by atoms with Crippen LogP contribution >= 0.6 is 11.3 Å². The molecule has 4 rings (SSSR count). The Labute approximate surface area is 167 Å². The number of thiazole rings is 1. The van der Waals surface area contributed by atoms with Crippen LogP contribution in [0.2, 0.25) is 0 Å². The lowest BCUT2D eigenvalue weighted by Crippen LogP contribution is -2.00. The molecule has 0 bridgehead atoms. The van der Waals surface area contributed by atoms with E-state index in [0.29, 0.717) is 12.3 Å². The van der Waals surface area contributed by atoms with E-state index in [4.69, 9.17) is 9.84 Å². The largest absolute Gasteiger partial charge is 0.488 e. The van der Waals surface area contributed by atoms with Crippen molar-refractivity contribution < 1.29 is 14.6 Å². The molecule has 140 valence electrons. The Bertz CT molecular complexity index is 1150. The quantitative estimate of drug-likeness (QED) is 0.474. The minimum absolute atomic E-state index is 0.0826. The van der Waals surface area contributed by atoms with Crippen LogP contribution in [0.25, 0.3) is 21.3 Å². The predicted octanol–water partition coefficient (Wildman–Crippen LogP) is 5.48. The molecule has 1 heterocycles. The summed E-state index contributed by atoms with van der Waals surface area (Å²) in [7, 11) is 0. The van der Waals surface area contributed by atoms with Gasteiger partial charge in [0.05, 0.1) is 17.7 Å². The molecule has 0 saturated carbocycles. The van der Waals surface area contributed by atoms with Gasteiger partial charge in [-0.25, -0.2) is 4.98 Å². The number of aliphatic carboxylic acids is 1. The lowest BCUT2D eigenvalue weighted by atomic mass is 10.0. The Hall–Kier alpha value is -3.18. The molecule has 3 aromatic carbocycles. The maximum Gasteiger partial charge on any atom is 0.309 e. The van der Waals surface area contributed by atoms with Crippen molar-refractivity contribution in [1.82, 2.24) is 4.98 Å². The second-order valence-electron chi connectivity index (χ2n) is 6.65. The summed E-state index contributed by atoms with van der Waals surface area (Å²) in [4.78, 5) is 15.6. The number of hydrogen-bond donors (Lipinski definition) is 1. The van der Waals surface area contributed by atoms with Crippen LogP contribution in [0.15, 0.2) is 66.0 Å². The highest BCUT2D eigenvalue weighted by Crippen LogP contribution is 2.39. The summed E-state index contributed by atoms with van der Waals surface area (Å²) in [5.74, 6) is -0.137. The van der Waals surface area contributed by atoms with Crippen LogP contribution < -0.4 is 4.74 Å². The van der Waals surface area contributed by atoms with Crippen molar-refractivity contribution in [3.8, 4) is 16.3 Å². The van der Waals surface area contributed by atoms with Gasteiger partial charge in [0, 0.05) is 5.38 Å². The van der Waals surface area contributed by atoms with Crippen molar-refractivity contribution in [3.63, 3.8) is 0 Å². The first kappa shape index (κ1) is 18.2. The Morgan fingerprint density at radius 2 is 1.96 bits per heavy atom. The predicted molar refractivity (Wildman–Crippen MR) is 112 cm³/mol. The molecule has 0 aliphatic carbocycles. The van der Waals surface area contributed by atoms with Gasteiger partial charge in [0.15, 0.2) is 0 Å². The maximum atomic E-state index is 11.0. The van der Waals surface area contributed by atoms with Crippen LogP contribution in [0, 0.1) is 6.92 Å². The van der Waals surface area contributed by atoms with Crippen molar-refractivity contribution in [2.75, 3.05) is 0 Å². The number of aromatic nitrogens is 1. The maximum absolute atomic E-state index is 11.0. The smallest absolute Gasteiger partial charge is 0.309 e. The van der Waals surface area contributed by atoms with Gasteiger partial charge in [0.2, 0.25) is 0 Å². The van der Waals surface area contributed by atoms with Gasteiger partial charge in [-0.05, 0) is 29.3 Å². The fourth-order valence-corrected chi connectivity index (χ4v) is 4.10. The number of carbonyl (C=O) groups is 1. The lowest BCUT2D eigenvalue weighted by Gasteiger charge is -2.13. The fraction of sp³-hybridized carbons (Fsp3) is 0.130. The molecule has 0 spiro atoms. The average molecular weight is 389 g/mol. The number of aryl methyl sites for hydroxylation is 1. The zero-order chi connectivity index (χ0) is 19.5. The highest BCUT2D eigenvalue weighted by molar-refractivity contribution is 7.13. The second-order valence-corrected chi connectivity index (χ2v) is 7.51. The fourth-order valence-electron chi connectivity index (χ4n) is 3.21. The number of carboxylic acids is 1. The Morgan fingerprint density at radius 3 is 2.79 bits per heavy atom. The average Bonchev–Trinajstić information content (AvgIpc) is 3.13. The van der Waals surface area contributed by atoms with E-state index >= 15 is 0 Å². The Kier molecular flexibility index (Phi) is 5.08. The standard InChI is InChI=1S/C23H19NO3S/c1-15-5-4-6-16(11-15)13-27-20-10-9-17-7-2-3-8-19(17)22(20)23-24-18(14-28-23)12-21(25)26/h2-11,14H,12-13H2,1H3,(H,25,26). The van der Waals surface area contributed by atoms with Crippen LogP contribution in [0.5, 0.6) is 5.75 Å². The third-order valence-corrected chi connectivity index (χ3v) is 5.37. The van der Waals surface area contributed by atoms with Crippen molar-refractivity contribution in [2.24, 2.45) is 0 Å². The molecule has 4 aromatic rings. The molecule has 0 radical (unpaired) electrons. The van der Waals surface area contributed by atoms with E-state index in [1.807, 2.05) is 42.5 Å². The van der Waals surface area contributed by atoms with Crippen molar-refractivity contribution >= 4 is 28.1 Å². The number of fused-ring (bicyclic) bond motifs is 1. The number of rotatable bonds is 6. The molecule has 28 heavy (non-hydrogen) atoms. The molecule has 0 atom stereocenters. The summed E-state index contributed by atoms with van der Waals surface area (Å²) in [5.41, 5.74) is 3.76. The molecule has 0 amide bonds. The first-order valence-electron chi connectivity index (χ1n) is 8.97. The van der Waals surface area contributed by atoms with Gasteiger partial charge in [-0.1, -0.05) is 60.2 Å². The van der Waals surface area contributed by atoms with Crippen LogP contribution in [0.1, 0.15) is 16.8 Å². The first-order valence-corrected chi connectivity index (χ1v) is 9.85. The summed E-state index contributed by atoms with van der Waals surface area (Å²) in [6, 6.07) is 20.3. The normalized spacial score (nSPS) is 10.9. The SMILES string of the molecule is Cc1cccc(COc2ccc3ccccc3c2-c2nc(CC(=O)O)cs2)c1. The molecule has 5 heteroatoms. The van der Waals surface area contributed by atoms with Crippen LogP contribution in [-0.4, -0.2) is 16.1 Å². The minimum atomic E-state index is -0.884. The zero-order valence-corrected chi connectivity index (χ0v) is 16.2. The first-order chi connectivity index (χ1) is 13.6. The van der Waals surface area contributed by atoms with E-state index in [1.165, 1.54) is 16.9 Å². The summed E-state index contributed by atoms with van der Waals surface area (Å²) < 4.78 is 6.18. The molecule has 0 saturated heterocycles. The number of hydrogen-bond acceptors (Lipinski definition) is 4. The van der Waals surface area contributed by atoms with Gasteiger partial charge in [-0.2, -0.15) is 0 Å². The van der Waals surface area contributed by atoms with Gasteiger partial charge in [0.1, 0.15) is 17.4 Å². The number of ether oxygens (including phenoxy) is 1. The van der Waals surface area contributed by atoms with E-state index in [2.05, 4.69) is 30.1 Å². The van der Waals surface area contributed by atoms with E-state index in [0.717, 1.165) is 32.7 Å². The number of carboxylic acid groups (broad SMARTS) is 1. The van der Waals surface area contributed by atoms with Crippen LogP contribution in [0.4, 0.5) is 0 Å². The molecule has 0 fully saturated rings. The summed E-state index contributed by atoms with van der Waals surface area (Å²) in [6.07, 6.45) is -0.0826. The van der Waals surface area contributed by atoms with Crippen molar-refractivity contribution in [2.45, 2.75) is 20.0 Å². The molecule has 4 nitrogen and oxygen atoms in total. The van der Waals surface area contributed by atoms with Gasteiger partial charge in [-0.3, -0.25) is 4.79 Å². The van der Waals surface area contributed by atoms with E-state index < -0.39 is 5.97 Å². The summed E-state index contributed by atoms with van der Waals surface area (Å²) >= 11 is 1.44. The van der Waals surface area contributed by atoms with Crippen LogP contribution in [0.3, 0.4) is 0 Å². The molecule has 0 unspecified atom stereocenters. The zero-order valence-electron chi connectivity index (χ0n) is 15.4. The van der Waals surface area contributed by atoms with Crippen molar-refractivity contribution in [1.29, 1.82) is 0 Å². The molecular formula is C23H19NO3S. The third-order valence-electron chi connectivity index (χ3n) is 4.47. The lowest BCUT2D eigenvalue weighted by molar-refractivity contribution is -0.136. The molecule has 0 aliphatic heterocycles. The van der Waals surface area contributed by atoms with E-state index in [-0.39, 0.29) is 6.42 Å².